The van der Waals surface area contributed by atoms with Gasteiger partial charge in [-0.2, -0.15) is 0 Å². The summed E-state index contributed by atoms with van der Waals surface area (Å²) in [6, 6.07) is 13.5. The van der Waals surface area contributed by atoms with Crippen LogP contribution in [0, 0.1) is 18.8 Å². The molecule has 0 atom stereocenters. The zero-order chi connectivity index (χ0) is 60.7. The largest absolute Gasteiger partial charge is 0.106 e. The topological polar surface area (TPSA) is 0 Å². The highest BCUT2D eigenvalue weighted by Gasteiger charge is 2.17. The summed E-state index contributed by atoms with van der Waals surface area (Å²) in [6.45, 7) is 94.8. The van der Waals surface area contributed by atoms with Gasteiger partial charge in [-0.05, 0) is 194 Å². The van der Waals surface area contributed by atoms with Gasteiger partial charge >= 0.3 is 0 Å². The van der Waals surface area contributed by atoms with E-state index in [1.54, 1.807) is 11.1 Å². The number of aryl methyl sites for hydroxylation is 5. The fraction of sp³-hybridized carbons (Fsp3) is 0.486. The van der Waals surface area contributed by atoms with E-state index >= 15 is 0 Å². The van der Waals surface area contributed by atoms with E-state index in [4.69, 9.17) is 0 Å². The van der Waals surface area contributed by atoms with Crippen LogP contribution in [0.2, 0.25) is 0 Å². The molecule has 1 aliphatic carbocycles. The van der Waals surface area contributed by atoms with Crippen LogP contribution in [0.4, 0.5) is 0 Å². The molecule has 0 spiro atoms. The standard InChI is InChI=1S/C13H20.C12H16.C11H16.C8H10.C6H12.2C5H12.2C4H8.C2H6.2C2H4/c1-4-7-13-9-8-11(5-2)10-12(13)6-3;1-5-11-6-7-12(9(2)3)10(4)8-11;1-8(2)10(5)7-11(6)9(3)4;1-5-6(2)8(4)7(5)3;1-3-5-6-4-2;2*1-4-5(2)3;2*1-4(2)3;3*1-2/h8-10H,4-7H2,1-3H3;6-8H,2,5H2,1,3-4H3;7H,1,3,5H2,2,4,6H3;1-2H2,3-4H3;3,5H,4,6H2,1-2H3;2*5H,4H2,1-3H3;2*1H2,2-3H3;1-2H3;2*1-2H2/b;;11-7+;;5-3-;;;;;;;. The summed E-state index contributed by atoms with van der Waals surface area (Å²) in [5.74, 6) is 1.77. The summed E-state index contributed by atoms with van der Waals surface area (Å²) in [6.07, 6.45) is 17.3. The normalized spacial score (nSPS) is 10.2. The highest BCUT2D eigenvalue weighted by molar-refractivity contribution is 5.66. The minimum Gasteiger partial charge on any atom is -0.106 e. The zero-order valence-corrected chi connectivity index (χ0v) is 54.7. The van der Waals surface area contributed by atoms with E-state index in [-0.39, 0.29) is 0 Å². The van der Waals surface area contributed by atoms with E-state index in [0.29, 0.717) is 0 Å². The van der Waals surface area contributed by atoms with Gasteiger partial charge in [0.05, 0.1) is 0 Å². The Morgan fingerprint density at radius 1 is 0.527 bits per heavy atom. The lowest BCUT2D eigenvalue weighted by Crippen LogP contribution is -2.04. The number of benzene rings is 2. The second-order valence-electron chi connectivity index (χ2n) is 19.3. The Hall–Kier alpha value is -4.94. The molecule has 0 bridgehead atoms. The smallest absolute Gasteiger partial charge is 0.0204 e. The van der Waals surface area contributed by atoms with Crippen molar-refractivity contribution in [2.75, 3.05) is 0 Å². The Morgan fingerprint density at radius 2 is 0.892 bits per heavy atom. The van der Waals surface area contributed by atoms with Crippen LogP contribution in [0.15, 0.2) is 189 Å². The molecule has 0 unspecified atom stereocenters. The Morgan fingerprint density at radius 3 is 1.12 bits per heavy atom. The molecule has 0 aromatic heterocycles. The van der Waals surface area contributed by atoms with Crippen LogP contribution in [0.3, 0.4) is 0 Å². The molecule has 1 aliphatic rings. The van der Waals surface area contributed by atoms with Gasteiger partial charge in [0, 0.05) is 0 Å². The zero-order valence-electron chi connectivity index (χ0n) is 54.7. The van der Waals surface area contributed by atoms with Crippen LogP contribution in [0.5, 0.6) is 0 Å². The maximum absolute atomic E-state index is 3.94. The van der Waals surface area contributed by atoms with Gasteiger partial charge in [-0.1, -0.05) is 238 Å². The molecular formula is C74H128. The first-order chi connectivity index (χ1) is 34.5. The van der Waals surface area contributed by atoms with Gasteiger partial charge < -0.3 is 0 Å². The minimum atomic E-state index is 0.884. The molecular weight excluding hydrogens is 889 g/mol. The van der Waals surface area contributed by atoms with Crippen molar-refractivity contribution in [3.63, 3.8) is 0 Å². The van der Waals surface area contributed by atoms with Gasteiger partial charge in [-0.15, -0.1) is 39.5 Å². The van der Waals surface area contributed by atoms with Crippen LogP contribution in [-0.2, 0) is 25.7 Å². The first kappa shape index (κ1) is 88.7. The van der Waals surface area contributed by atoms with Gasteiger partial charge in [-0.3, -0.25) is 0 Å². The molecule has 0 saturated carbocycles. The molecule has 2 aromatic carbocycles. The summed E-state index contributed by atoms with van der Waals surface area (Å²) in [7, 11) is 0. The van der Waals surface area contributed by atoms with Crippen molar-refractivity contribution in [3.05, 3.63) is 223 Å². The number of unbranched alkanes of at least 4 members (excludes halogenated alkanes) is 1. The van der Waals surface area contributed by atoms with E-state index in [1.165, 1.54) is 89.5 Å². The van der Waals surface area contributed by atoms with Crippen LogP contribution < -0.4 is 0 Å². The third-order valence-corrected chi connectivity index (χ3v) is 10.5. The van der Waals surface area contributed by atoms with Gasteiger partial charge in [-0.25, -0.2) is 0 Å². The van der Waals surface area contributed by atoms with Crippen molar-refractivity contribution in [2.24, 2.45) is 11.8 Å². The van der Waals surface area contributed by atoms with Crippen molar-refractivity contribution in [1.82, 2.24) is 0 Å². The van der Waals surface area contributed by atoms with Gasteiger partial charge in [0.25, 0.3) is 0 Å². The van der Waals surface area contributed by atoms with Crippen molar-refractivity contribution in [2.45, 2.75) is 231 Å². The Kier molecular flexibility index (Phi) is 74.7. The Balaban J connectivity index is -0.0000000932. The molecule has 424 valence electrons. The first-order valence-electron chi connectivity index (χ1n) is 27.9. The average Bonchev–Trinajstić information content (AvgIpc) is 3.37. The predicted molar refractivity (Wildman–Crippen MR) is 358 cm³/mol. The average molecular weight is 1020 g/mol. The summed E-state index contributed by atoms with van der Waals surface area (Å²) in [5.41, 5.74) is 21.2. The van der Waals surface area contributed by atoms with Gasteiger partial charge in [0.2, 0.25) is 0 Å². The quantitative estimate of drug-likeness (QED) is 0.139. The maximum atomic E-state index is 3.94. The van der Waals surface area contributed by atoms with Crippen LogP contribution in [-0.4, -0.2) is 0 Å². The van der Waals surface area contributed by atoms with Crippen LogP contribution in [0.1, 0.15) is 232 Å². The van der Waals surface area contributed by atoms with E-state index in [1.807, 2.05) is 75.3 Å². The van der Waals surface area contributed by atoms with Crippen LogP contribution in [0.25, 0.3) is 5.57 Å². The molecule has 0 saturated heterocycles. The third-order valence-electron chi connectivity index (χ3n) is 10.5. The van der Waals surface area contributed by atoms with Crippen molar-refractivity contribution in [3.8, 4) is 0 Å². The number of hydrogen-bond donors (Lipinski definition) is 0. The monoisotopic (exact) mass is 1020 g/mol. The molecule has 0 heterocycles. The van der Waals surface area contributed by atoms with Crippen molar-refractivity contribution >= 4 is 5.57 Å². The number of hydrogen-bond acceptors (Lipinski definition) is 0. The molecule has 0 N–H and O–H groups in total. The predicted octanol–water partition coefficient (Wildman–Crippen LogP) is 25.7. The molecule has 0 fully saturated rings. The molecule has 74 heavy (non-hydrogen) atoms. The fourth-order valence-corrected chi connectivity index (χ4v) is 4.85. The molecule has 0 aliphatic heterocycles. The van der Waals surface area contributed by atoms with Crippen LogP contribution >= 0.6 is 0 Å². The lowest BCUT2D eigenvalue weighted by Gasteiger charge is -2.23. The highest BCUT2D eigenvalue weighted by atomic mass is 14.2. The second-order valence-corrected chi connectivity index (χ2v) is 19.3. The first-order valence-corrected chi connectivity index (χ1v) is 27.9. The molecule has 0 heteroatoms. The van der Waals surface area contributed by atoms with E-state index < -0.39 is 0 Å². The summed E-state index contributed by atoms with van der Waals surface area (Å²) in [5, 5.41) is 0. The fourth-order valence-electron chi connectivity index (χ4n) is 4.85. The van der Waals surface area contributed by atoms with E-state index in [2.05, 4.69) is 231 Å². The van der Waals surface area contributed by atoms with Crippen molar-refractivity contribution < 1.29 is 0 Å². The minimum absolute atomic E-state index is 0.884. The number of rotatable bonds is 13. The Bertz CT molecular complexity index is 1830. The van der Waals surface area contributed by atoms with E-state index in [0.717, 1.165) is 63.7 Å². The lowest BCUT2D eigenvalue weighted by atomic mass is 9.82. The van der Waals surface area contributed by atoms with E-state index in [9.17, 15) is 0 Å². The second kappa shape index (κ2) is 62.4. The van der Waals surface area contributed by atoms with Gasteiger partial charge in [0.15, 0.2) is 0 Å². The highest BCUT2D eigenvalue weighted by Crippen LogP contribution is 2.35. The molecule has 0 nitrogen and oxygen atoms in total. The molecule has 2 aromatic rings. The maximum Gasteiger partial charge on any atom is -0.0204 e. The number of allylic oxidation sites excluding steroid dienone is 14. The Labute approximate surface area is 468 Å². The molecule has 3 rings (SSSR count). The molecule has 0 radical (unpaired) electrons. The third kappa shape index (κ3) is 61.4. The molecule has 0 amide bonds. The van der Waals surface area contributed by atoms with Crippen molar-refractivity contribution in [1.29, 1.82) is 0 Å². The summed E-state index contributed by atoms with van der Waals surface area (Å²) in [4.78, 5) is 0. The lowest BCUT2D eigenvalue weighted by molar-refractivity contribution is 0.626. The summed E-state index contributed by atoms with van der Waals surface area (Å²) >= 11 is 0. The van der Waals surface area contributed by atoms with Gasteiger partial charge in [0.1, 0.15) is 0 Å². The summed E-state index contributed by atoms with van der Waals surface area (Å²) < 4.78 is 0. The SMILES string of the molecule is C/C=C\CCC.C=C.C=C.C=C(C)C.C=C(C)C.C=C(C)C(=C)/C=C(\C)C(=C)C.C=C(C)c1ccc(CC)cc1C.C=C1C(=C)C(C)=C1C.CC.CCC(C)C.CCC(C)C.CCCc1ccc(CC)cc1CC.